The zero-order valence-electron chi connectivity index (χ0n) is 20.5. The lowest BCUT2D eigenvalue weighted by molar-refractivity contribution is -0.123. The predicted octanol–water partition coefficient (Wildman–Crippen LogP) is 4.72. The molecule has 198 valence electrons. The summed E-state index contributed by atoms with van der Waals surface area (Å²) in [6.45, 7) is 0.209. The molecule has 12 heteroatoms. The standard InChI is InChI=1S/C26H21ClFN7O.CH2O2/c27-20-5-3-15(9-29)24(25(20)28)18-7-19(18)26(36)34-22-8-21(31-13-32-22)30-10-17-12-35-11-16(14-1-2-14)4-6-23(35)33-17;2-1-3/h3-6,8,11-14,18-19H,1-2,7,10H2,(H2,30,31,32,34,36);1H,(H,2,3)/t18-,19-;/m0./s1. The number of nitrogens with zero attached hydrogens (tertiary/aromatic N) is 5. The fourth-order valence-electron chi connectivity index (χ4n) is 4.56. The minimum absolute atomic E-state index is 0.0597. The maximum atomic E-state index is 14.6. The van der Waals surface area contributed by atoms with Gasteiger partial charge in [0.25, 0.3) is 6.47 Å². The second kappa shape index (κ2) is 11.0. The zero-order chi connectivity index (χ0) is 27.5. The Hall–Kier alpha value is -4.56. The summed E-state index contributed by atoms with van der Waals surface area (Å²) in [5, 5.41) is 22.1. The van der Waals surface area contributed by atoms with Crippen molar-refractivity contribution in [3.8, 4) is 6.07 Å². The van der Waals surface area contributed by atoms with Crippen LogP contribution in [0.5, 0.6) is 0 Å². The van der Waals surface area contributed by atoms with E-state index < -0.39 is 17.7 Å². The molecular formula is C27H23ClFN7O3. The Morgan fingerprint density at radius 3 is 2.74 bits per heavy atom. The minimum Gasteiger partial charge on any atom is -0.483 e. The quantitative estimate of drug-likeness (QED) is 0.282. The highest BCUT2D eigenvalue weighted by Gasteiger charge is 2.47. The molecule has 0 spiro atoms. The summed E-state index contributed by atoms with van der Waals surface area (Å²) in [7, 11) is 0. The highest BCUT2D eigenvalue weighted by Crippen LogP contribution is 2.50. The largest absolute Gasteiger partial charge is 0.483 e. The average molecular weight is 548 g/mol. The number of hydrogen-bond donors (Lipinski definition) is 3. The number of imidazole rings is 1. The smallest absolute Gasteiger partial charge is 0.290 e. The third kappa shape index (κ3) is 5.81. The van der Waals surface area contributed by atoms with Crippen molar-refractivity contribution in [2.75, 3.05) is 10.6 Å². The van der Waals surface area contributed by atoms with Crippen LogP contribution in [0, 0.1) is 23.1 Å². The van der Waals surface area contributed by atoms with Gasteiger partial charge < -0.3 is 20.1 Å². The number of aromatic nitrogens is 4. The number of amides is 1. The fourth-order valence-corrected chi connectivity index (χ4v) is 4.72. The van der Waals surface area contributed by atoms with Crippen LogP contribution in [0.15, 0.2) is 49.1 Å². The Labute approximate surface area is 227 Å². The Morgan fingerprint density at radius 2 is 2.00 bits per heavy atom. The number of hydrogen-bond acceptors (Lipinski definition) is 7. The fraction of sp³-hybridized carbons (Fsp3) is 0.259. The van der Waals surface area contributed by atoms with Gasteiger partial charge in [-0.15, -0.1) is 0 Å². The van der Waals surface area contributed by atoms with Crippen LogP contribution in [0.1, 0.15) is 53.5 Å². The van der Waals surface area contributed by atoms with E-state index in [1.165, 1.54) is 36.9 Å². The van der Waals surface area contributed by atoms with Crippen molar-refractivity contribution in [1.82, 2.24) is 19.4 Å². The first kappa shape index (κ1) is 26.1. The van der Waals surface area contributed by atoms with E-state index in [0.717, 1.165) is 11.3 Å². The lowest BCUT2D eigenvalue weighted by Crippen LogP contribution is -2.16. The van der Waals surface area contributed by atoms with Gasteiger partial charge in [0.15, 0.2) is 0 Å². The number of nitriles is 1. The van der Waals surface area contributed by atoms with Gasteiger partial charge in [-0.1, -0.05) is 17.7 Å². The van der Waals surface area contributed by atoms with E-state index in [4.69, 9.17) is 21.5 Å². The third-order valence-corrected chi connectivity index (χ3v) is 6.98. The van der Waals surface area contributed by atoms with Crippen molar-refractivity contribution in [3.05, 3.63) is 82.3 Å². The van der Waals surface area contributed by atoms with Crippen molar-refractivity contribution < 1.29 is 19.1 Å². The molecule has 39 heavy (non-hydrogen) atoms. The molecule has 3 N–H and O–H groups in total. The van der Waals surface area contributed by atoms with E-state index in [1.54, 1.807) is 6.07 Å². The molecule has 6 rings (SSSR count). The summed E-state index contributed by atoms with van der Waals surface area (Å²) in [6.07, 6.45) is 8.43. The number of benzene rings is 1. The monoisotopic (exact) mass is 547 g/mol. The van der Waals surface area contributed by atoms with Gasteiger partial charge >= 0.3 is 0 Å². The summed E-state index contributed by atoms with van der Waals surface area (Å²) >= 11 is 5.89. The molecule has 0 aliphatic heterocycles. The van der Waals surface area contributed by atoms with Crippen molar-refractivity contribution in [1.29, 1.82) is 5.26 Å². The Morgan fingerprint density at radius 1 is 1.23 bits per heavy atom. The van der Waals surface area contributed by atoms with Crippen LogP contribution in [0.25, 0.3) is 5.65 Å². The van der Waals surface area contributed by atoms with E-state index in [1.807, 2.05) is 22.7 Å². The van der Waals surface area contributed by atoms with E-state index in [-0.39, 0.29) is 28.5 Å². The Kier molecular flexibility index (Phi) is 7.38. The van der Waals surface area contributed by atoms with Crippen molar-refractivity contribution in [2.24, 2.45) is 5.92 Å². The molecule has 3 aromatic heterocycles. The number of rotatable bonds is 7. The molecule has 1 aromatic carbocycles. The minimum atomic E-state index is -0.639. The van der Waals surface area contributed by atoms with Gasteiger partial charge in [-0.3, -0.25) is 9.59 Å². The average Bonchev–Trinajstić information content (AvgIpc) is 3.86. The summed E-state index contributed by atoms with van der Waals surface area (Å²) < 4.78 is 16.6. The predicted molar refractivity (Wildman–Crippen MR) is 141 cm³/mol. The van der Waals surface area contributed by atoms with E-state index in [9.17, 15) is 14.4 Å². The first-order valence-electron chi connectivity index (χ1n) is 12.2. The van der Waals surface area contributed by atoms with E-state index >= 15 is 0 Å². The maximum absolute atomic E-state index is 14.6. The molecule has 2 fully saturated rings. The number of carboxylic acid groups (broad SMARTS) is 1. The van der Waals surface area contributed by atoms with Crippen LogP contribution in [-0.2, 0) is 16.1 Å². The molecule has 3 heterocycles. The second-order valence-electron chi connectivity index (χ2n) is 9.35. The van der Waals surface area contributed by atoms with Crippen molar-refractivity contribution >= 4 is 41.3 Å². The van der Waals surface area contributed by atoms with Crippen LogP contribution in [0.3, 0.4) is 0 Å². The van der Waals surface area contributed by atoms with Crippen molar-refractivity contribution in [3.63, 3.8) is 0 Å². The van der Waals surface area contributed by atoms with Gasteiger partial charge in [0, 0.05) is 35.9 Å². The zero-order valence-corrected chi connectivity index (χ0v) is 21.3. The van der Waals surface area contributed by atoms with Gasteiger partial charge in [0.2, 0.25) is 5.91 Å². The molecule has 2 saturated carbocycles. The van der Waals surface area contributed by atoms with Crippen LogP contribution >= 0.6 is 11.6 Å². The molecular weight excluding hydrogens is 525 g/mol. The molecule has 0 saturated heterocycles. The van der Waals surface area contributed by atoms with Crippen LogP contribution in [-0.4, -0.2) is 36.8 Å². The van der Waals surface area contributed by atoms with E-state index in [2.05, 4.69) is 37.8 Å². The topological polar surface area (TPSA) is 145 Å². The summed E-state index contributed by atoms with van der Waals surface area (Å²) in [4.78, 5) is 34.1. The summed E-state index contributed by atoms with van der Waals surface area (Å²) in [5.41, 5.74) is 3.50. The van der Waals surface area contributed by atoms with Crippen molar-refractivity contribution in [2.45, 2.75) is 37.6 Å². The van der Waals surface area contributed by atoms with Gasteiger partial charge in [0.1, 0.15) is 29.4 Å². The number of carbonyl (C=O) groups is 2. The molecule has 2 atom stereocenters. The lowest BCUT2D eigenvalue weighted by Gasteiger charge is -2.08. The van der Waals surface area contributed by atoms with Gasteiger partial charge in [0.05, 0.1) is 28.9 Å². The normalized spacial score (nSPS) is 17.5. The molecule has 0 radical (unpaired) electrons. The first-order valence-corrected chi connectivity index (χ1v) is 12.6. The molecule has 2 aliphatic rings. The number of halogens is 2. The first-order chi connectivity index (χ1) is 18.9. The molecule has 0 unspecified atom stereocenters. The maximum Gasteiger partial charge on any atom is 0.290 e. The van der Waals surface area contributed by atoms with Gasteiger partial charge in [-0.25, -0.2) is 19.3 Å². The molecule has 0 bridgehead atoms. The van der Waals surface area contributed by atoms with Crippen LogP contribution in [0.4, 0.5) is 16.0 Å². The Balaban J connectivity index is 0.000000983. The van der Waals surface area contributed by atoms with Gasteiger partial charge in [-0.2, -0.15) is 5.26 Å². The Bertz CT molecular complexity index is 1600. The molecule has 1 amide bonds. The third-order valence-electron chi connectivity index (χ3n) is 6.69. The second-order valence-corrected chi connectivity index (χ2v) is 9.76. The van der Waals surface area contributed by atoms with Crippen LogP contribution < -0.4 is 10.6 Å². The molecule has 10 nitrogen and oxygen atoms in total. The summed E-state index contributed by atoms with van der Waals surface area (Å²) in [6, 6.07) is 10.6. The SMILES string of the molecule is N#Cc1ccc(Cl)c(F)c1[C@H]1C[C@@H]1C(=O)Nc1cc(NCc2cn3cc(C4CC4)ccc3n2)ncn1.O=CO. The summed E-state index contributed by atoms with van der Waals surface area (Å²) in [5.74, 6) is -0.240. The molecule has 2 aliphatic carbocycles. The molecule has 4 aromatic rings. The van der Waals surface area contributed by atoms with Crippen LogP contribution in [0.2, 0.25) is 5.02 Å². The highest BCUT2D eigenvalue weighted by atomic mass is 35.5. The lowest BCUT2D eigenvalue weighted by atomic mass is 10.0. The number of pyridine rings is 1. The highest BCUT2D eigenvalue weighted by molar-refractivity contribution is 6.30. The van der Waals surface area contributed by atoms with E-state index in [0.29, 0.717) is 30.5 Å². The number of nitrogens with one attached hydrogen (secondary N) is 2. The number of carbonyl (C=O) groups excluding carboxylic acids is 1. The number of fused-ring (bicyclic) bond motifs is 1. The number of anilines is 2. The van der Waals surface area contributed by atoms with Gasteiger partial charge in [-0.05, 0) is 48.9 Å².